The number of anilines is 1. The van der Waals surface area contributed by atoms with Gasteiger partial charge in [0.2, 0.25) is 0 Å². The Balaban J connectivity index is 1.77. The van der Waals surface area contributed by atoms with Gasteiger partial charge in [-0.1, -0.05) is 41.9 Å². The number of nitrogens with zero attached hydrogens (tertiary/aromatic N) is 4. The molecule has 1 fully saturated rings. The van der Waals surface area contributed by atoms with Crippen LogP contribution < -0.4 is 11.5 Å². The van der Waals surface area contributed by atoms with E-state index in [0.29, 0.717) is 16.5 Å². The molecule has 1 aliphatic heterocycles. The molecule has 140 valence electrons. The molecule has 0 bridgehead atoms. The molecular weight excluding hydrogens is 348 g/mol. The highest BCUT2D eigenvalue weighted by Crippen LogP contribution is 2.32. The number of hydrogen-bond donors (Lipinski definition) is 2. The first-order valence-corrected chi connectivity index (χ1v) is 9.30. The Bertz CT molecular complexity index is 775. The molecule has 0 radical (unpaired) electrons. The third-order valence-electron chi connectivity index (χ3n) is 5.00. The summed E-state index contributed by atoms with van der Waals surface area (Å²) in [5, 5.41) is 4.95. The van der Waals surface area contributed by atoms with E-state index in [4.69, 9.17) is 23.1 Å². The summed E-state index contributed by atoms with van der Waals surface area (Å²) in [6.07, 6.45) is 0. The van der Waals surface area contributed by atoms with Crippen LogP contribution >= 0.6 is 11.6 Å². The number of hydrogen-bond acceptors (Lipinski definition) is 5. The summed E-state index contributed by atoms with van der Waals surface area (Å²) in [4.78, 5) is 4.80. The lowest BCUT2D eigenvalue weighted by atomic mass is 10.1. The van der Waals surface area contributed by atoms with Gasteiger partial charge in [-0.2, -0.15) is 5.10 Å². The number of likely N-dealkylation sites (N-methyl/N-ethyl adjacent to an activating group) is 1. The highest BCUT2D eigenvalue weighted by Gasteiger charge is 2.19. The number of benzene rings is 1. The van der Waals surface area contributed by atoms with Gasteiger partial charge >= 0.3 is 0 Å². The lowest BCUT2D eigenvalue weighted by molar-refractivity contribution is 0.148. The molecule has 2 aromatic rings. The number of halogens is 1. The molecule has 1 saturated heterocycles. The van der Waals surface area contributed by atoms with E-state index in [-0.39, 0.29) is 0 Å². The summed E-state index contributed by atoms with van der Waals surface area (Å²) < 4.78 is 1.93. The minimum Gasteiger partial charge on any atom is -0.397 e. The molecule has 4 N–H and O–H groups in total. The molecule has 1 aromatic carbocycles. The van der Waals surface area contributed by atoms with Gasteiger partial charge in [0, 0.05) is 38.4 Å². The van der Waals surface area contributed by atoms with Gasteiger partial charge in [-0.15, -0.1) is 0 Å². The molecule has 0 amide bonds. The average molecular weight is 375 g/mol. The maximum atomic E-state index is 6.59. The molecule has 0 aliphatic carbocycles. The number of nitrogen functional groups attached to an aromatic ring is 1. The van der Waals surface area contributed by atoms with Crippen LogP contribution in [0.15, 0.2) is 30.3 Å². The van der Waals surface area contributed by atoms with Crippen molar-refractivity contribution in [2.75, 3.05) is 45.5 Å². The fourth-order valence-electron chi connectivity index (χ4n) is 3.25. The second kappa shape index (κ2) is 8.12. The van der Waals surface area contributed by atoms with Gasteiger partial charge in [-0.3, -0.25) is 9.58 Å². The second-order valence-electron chi connectivity index (χ2n) is 6.81. The van der Waals surface area contributed by atoms with Crippen LogP contribution in [0.4, 0.5) is 5.82 Å². The minimum atomic E-state index is 0.421. The van der Waals surface area contributed by atoms with Gasteiger partial charge in [0.05, 0.1) is 22.8 Å². The van der Waals surface area contributed by atoms with E-state index in [1.54, 1.807) is 0 Å². The second-order valence-corrected chi connectivity index (χ2v) is 7.19. The van der Waals surface area contributed by atoms with Crippen molar-refractivity contribution >= 4 is 28.1 Å². The van der Waals surface area contributed by atoms with Gasteiger partial charge in [-0.25, -0.2) is 0 Å². The predicted molar refractivity (Wildman–Crippen MR) is 109 cm³/mol. The molecule has 0 spiro atoms. The Hall–Kier alpha value is -2.02. The van der Waals surface area contributed by atoms with Crippen LogP contribution in [0.1, 0.15) is 16.8 Å². The van der Waals surface area contributed by atoms with Crippen molar-refractivity contribution in [2.45, 2.75) is 13.5 Å². The molecule has 3 rings (SSSR count). The third-order valence-corrected chi connectivity index (χ3v) is 5.39. The largest absolute Gasteiger partial charge is 0.397 e. The van der Waals surface area contributed by atoms with E-state index >= 15 is 0 Å². The standard InChI is InChI=1S/C19H27ClN6/c1-14-16(17(20)18(21)15-6-4-3-5-7-15)19(22)23-26(14)13-12-25-10-8-24(2)9-11-25/h3-7H,8-13,21H2,1-2H3,(H2,22,23)/b18-17+. The summed E-state index contributed by atoms with van der Waals surface area (Å²) in [7, 11) is 2.16. The van der Waals surface area contributed by atoms with E-state index in [0.717, 1.165) is 56.1 Å². The normalized spacial score (nSPS) is 17.3. The van der Waals surface area contributed by atoms with E-state index in [1.165, 1.54) is 0 Å². The monoisotopic (exact) mass is 374 g/mol. The fraction of sp³-hybridized carbons (Fsp3) is 0.421. The Kier molecular flexibility index (Phi) is 5.86. The summed E-state index contributed by atoms with van der Waals surface area (Å²) >= 11 is 6.59. The van der Waals surface area contributed by atoms with Gasteiger partial charge in [0.15, 0.2) is 5.82 Å². The first-order chi connectivity index (χ1) is 12.5. The number of nitrogens with two attached hydrogens (primary N) is 2. The Morgan fingerprint density at radius 2 is 1.77 bits per heavy atom. The quantitative estimate of drug-likeness (QED) is 0.837. The lowest BCUT2D eigenvalue weighted by Crippen LogP contribution is -2.45. The van der Waals surface area contributed by atoms with Crippen LogP contribution in [-0.4, -0.2) is 59.4 Å². The van der Waals surface area contributed by atoms with Gasteiger partial charge in [-0.05, 0) is 19.5 Å². The fourth-order valence-corrected chi connectivity index (χ4v) is 3.59. The Morgan fingerprint density at radius 3 is 2.42 bits per heavy atom. The topological polar surface area (TPSA) is 76.3 Å². The number of aromatic nitrogens is 2. The highest BCUT2D eigenvalue weighted by atomic mass is 35.5. The smallest absolute Gasteiger partial charge is 0.154 e. The van der Waals surface area contributed by atoms with Crippen molar-refractivity contribution < 1.29 is 0 Å². The molecule has 2 heterocycles. The van der Waals surface area contributed by atoms with Crippen molar-refractivity contribution in [3.8, 4) is 0 Å². The molecule has 0 unspecified atom stereocenters. The molecule has 6 nitrogen and oxygen atoms in total. The third kappa shape index (κ3) is 4.03. The first-order valence-electron chi connectivity index (χ1n) is 8.92. The zero-order chi connectivity index (χ0) is 18.7. The Labute approximate surface area is 160 Å². The highest BCUT2D eigenvalue weighted by molar-refractivity contribution is 6.53. The molecule has 0 saturated carbocycles. The van der Waals surface area contributed by atoms with E-state index in [9.17, 15) is 0 Å². The summed E-state index contributed by atoms with van der Waals surface area (Å²) in [6.45, 7) is 8.10. The van der Waals surface area contributed by atoms with Crippen LogP contribution in [0.25, 0.3) is 10.7 Å². The molecule has 26 heavy (non-hydrogen) atoms. The van der Waals surface area contributed by atoms with Crippen molar-refractivity contribution in [2.24, 2.45) is 5.73 Å². The zero-order valence-corrected chi connectivity index (χ0v) is 16.2. The molecule has 7 heteroatoms. The van der Waals surface area contributed by atoms with Crippen LogP contribution in [0.2, 0.25) is 0 Å². The van der Waals surface area contributed by atoms with Crippen LogP contribution in [0.3, 0.4) is 0 Å². The minimum absolute atomic E-state index is 0.421. The maximum Gasteiger partial charge on any atom is 0.154 e. The summed E-state index contributed by atoms with van der Waals surface area (Å²) in [6, 6.07) is 9.67. The molecule has 1 aliphatic rings. The van der Waals surface area contributed by atoms with Crippen molar-refractivity contribution in [1.29, 1.82) is 0 Å². The van der Waals surface area contributed by atoms with Gasteiger partial charge < -0.3 is 16.4 Å². The average Bonchev–Trinajstić information content (AvgIpc) is 2.94. The van der Waals surface area contributed by atoms with Gasteiger partial charge in [0.25, 0.3) is 0 Å². The lowest BCUT2D eigenvalue weighted by Gasteiger charge is -2.32. The van der Waals surface area contributed by atoms with Gasteiger partial charge in [0.1, 0.15) is 0 Å². The van der Waals surface area contributed by atoms with Crippen molar-refractivity contribution in [3.05, 3.63) is 47.2 Å². The SMILES string of the molecule is Cc1c(/C(Cl)=C(\N)c2ccccc2)c(N)nn1CCN1CCN(C)CC1. The maximum absolute atomic E-state index is 6.59. The van der Waals surface area contributed by atoms with Crippen molar-refractivity contribution in [1.82, 2.24) is 19.6 Å². The predicted octanol–water partition coefficient (Wildman–Crippen LogP) is 2.04. The summed E-state index contributed by atoms with van der Waals surface area (Å²) in [5.41, 5.74) is 15.5. The van der Waals surface area contributed by atoms with Crippen LogP contribution in [0.5, 0.6) is 0 Å². The first kappa shape index (κ1) is 18.8. The van der Waals surface area contributed by atoms with Crippen LogP contribution in [0, 0.1) is 6.92 Å². The molecular formula is C19H27ClN6. The number of rotatable bonds is 5. The number of piperazine rings is 1. The Morgan fingerprint density at radius 1 is 1.12 bits per heavy atom. The molecule has 0 atom stereocenters. The molecule has 1 aromatic heterocycles. The van der Waals surface area contributed by atoms with Crippen molar-refractivity contribution in [3.63, 3.8) is 0 Å². The van der Waals surface area contributed by atoms with E-state index < -0.39 is 0 Å². The van der Waals surface area contributed by atoms with E-state index in [1.807, 2.05) is 41.9 Å². The summed E-state index contributed by atoms with van der Waals surface area (Å²) in [5.74, 6) is 0.421. The van der Waals surface area contributed by atoms with Crippen LogP contribution in [-0.2, 0) is 6.54 Å². The van der Waals surface area contributed by atoms with E-state index in [2.05, 4.69) is 21.9 Å². The zero-order valence-electron chi connectivity index (χ0n) is 15.5.